The number of aromatic nitrogens is 1. The first-order valence-electron chi connectivity index (χ1n) is 3.39. The lowest BCUT2D eigenvalue weighted by atomic mass is 10.2. The molecule has 3 heteroatoms. The quantitative estimate of drug-likeness (QED) is 0.430. The van der Waals surface area contributed by atoms with Crippen LogP contribution in [0.4, 0.5) is 5.69 Å². The van der Waals surface area contributed by atoms with Crippen LogP contribution in [0.3, 0.4) is 0 Å². The number of nitrogens with two attached hydrogens (primary N) is 2. The number of rotatable bonds is 0. The molecule has 2 rings (SSSR count). The summed E-state index contributed by atoms with van der Waals surface area (Å²) in [5.41, 5.74) is 7.35. The summed E-state index contributed by atoms with van der Waals surface area (Å²) in [6, 6.07) is 7.58. The molecule has 4 N–H and O–H groups in total. The minimum atomic E-state index is 0.767. The Hall–Kier alpha value is -1.64. The molecule has 0 fully saturated rings. The molecular weight excluding hydrogens is 138 g/mol. The lowest BCUT2D eigenvalue weighted by molar-refractivity contribution is 1.07. The molecule has 0 spiro atoms. The first kappa shape index (κ1) is 6.09. The Morgan fingerprint density at radius 3 is 2.82 bits per heavy atom. The van der Waals surface area contributed by atoms with E-state index >= 15 is 0 Å². The average molecular weight is 147 g/mol. The van der Waals surface area contributed by atoms with Gasteiger partial charge in [0.05, 0.1) is 5.52 Å². The fourth-order valence-corrected chi connectivity index (χ4v) is 1.18. The SMILES string of the molecule is Nc1ccc2c(ccn2N)c1. The van der Waals surface area contributed by atoms with E-state index in [-0.39, 0.29) is 0 Å². The van der Waals surface area contributed by atoms with Crippen molar-refractivity contribution in [2.75, 3.05) is 11.6 Å². The Morgan fingerprint density at radius 1 is 1.18 bits per heavy atom. The van der Waals surface area contributed by atoms with Crippen LogP contribution in [-0.4, -0.2) is 4.68 Å². The normalized spacial score (nSPS) is 10.5. The second kappa shape index (κ2) is 1.92. The lowest BCUT2D eigenvalue weighted by Crippen LogP contribution is -2.04. The molecule has 2 aromatic rings. The number of benzene rings is 1. The number of nitrogens with zero attached hydrogens (tertiary/aromatic N) is 1. The van der Waals surface area contributed by atoms with E-state index in [9.17, 15) is 0 Å². The van der Waals surface area contributed by atoms with Crippen LogP contribution in [0.25, 0.3) is 10.9 Å². The van der Waals surface area contributed by atoms with Crippen molar-refractivity contribution in [2.45, 2.75) is 0 Å². The van der Waals surface area contributed by atoms with Crippen LogP contribution < -0.4 is 11.6 Å². The minimum Gasteiger partial charge on any atom is -0.399 e. The van der Waals surface area contributed by atoms with Gasteiger partial charge in [0, 0.05) is 17.3 Å². The van der Waals surface area contributed by atoms with Crippen molar-refractivity contribution in [3.05, 3.63) is 30.5 Å². The highest BCUT2D eigenvalue weighted by Crippen LogP contribution is 2.16. The molecule has 0 atom stereocenters. The van der Waals surface area contributed by atoms with Gasteiger partial charge in [0.2, 0.25) is 0 Å². The summed E-state index contributed by atoms with van der Waals surface area (Å²) < 4.78 is 1.58. The summed E-state index contributed by atoms with van der Waals surface area (Å²) in [6.45, 7) is 0. The second-order valence-corrected chi connectivity index (χ2v) is 2.54. The number of fused-ring (bicyclic) bond motifs is 1. The first-order valence-corrected chi connectivity index (χ1v) is 3.39. The van der Waals surface area contributed by atoms with Crippen molar-refractivity contribution in [3.8, 4) is 0 Å². The fraction of sp³-hybridized carbons (Fsp3) is 0. The molecule has 0 aliphatic carbocycles. The lowest BCUT2D eigenvalue weighted by Gasteiger charge is -1.96. The van der Waals surface area contributed by atoms with E-state index in [1.165, 1.54) is 0 Å². The van der Waals surface area contributed by atoms with Crippen LogP contribution in [0, 0.1) is 0 Å². The number of nitrogen functional groups attached to an aromatic ring is 2. The first-order chi connectivity index (χ1) is 5.27. The maximum Gasteiger partial charge on any atom is 0.0691 e. The van der Waals surface area contributed by atoms with Crippen LogP contribution in [0.5, 0.6) is 0 Å². The fourth-order valence-electron chi connectivity index (χ4n) is 1.18. The summed E-state index contributed by atoms with van der Waals surface area (Å²) in [5.74, 6) is 5.60. The molecule has 0 aliphatic heterocycles. The van der Waals surface area contributed by atoms with E-state index < -0.39 is 0 Å². The summed E-state index contributed by atoms with van der Waals surface area (Å²) in [7, 11) is 0. The molecule has 56 valence electrons. The number of hydrogen-bond donors (Lipinski definition) is 2. The predicted octanol–water partition coefficient (Wildman–Crippen LogP) is 0.937. The van der Waals surface area contributed by atoms with Gasteiger partial charge in [-0.25, -0.2) is 0 Å². The summed E-state index contributed by atoms with van der Waals surface area (Å²) >= 11 is 0. The standard InChI is InChI=1S/C8H9N3/c9-7-1-2-8-6(5-7)3-4-11(8)10/h1-5H,9-10H2. The van der Waals surface area contributed by atoms with Gasteiger partial charge in [-0.1, -0.05) is 0 Å². The molecule has 3 nitrogen and oxygen atoms in total. The smallest absolute Gasteiger partial charge is 0.0691 e. The number of anilines is 1. The Balaban J connectivity index is 2.86. The van der Waals surface area contributed by atoms with Gasteiger partial charge in [-0.15, -0.1) is 0 Å². The van der Waals surface area contributed by atoms with Crippen LogP contribution in [0.2, 0.25) is 0 Å². The van der Waals surface area contributed by atoms with Gasteiger partial charge in [-0.3, -0.25) is 4.68 Å². The van der Waals surface area contributed by atoms with E-state index in [1.807, 2.05) is 30.5 Å². The van der Waals surface area contributed by atoms with Gasteiger partial charge in [0.15, 0.2) is 0 Å². The molecular formula is C8H9N3. The zero-order chi connectivity index (χ0) is 7.84. The zero-order valence-electron chi connectivity index (χ0n) is 5.99. The monoisotopic (exact) mass is 147 g/mol. The third-order valence-electron chi connectivity index (χ3n) is 1.74. The second-order valence-electron chi connectivity index (χ2n) is 2.54. The number of hydrogen-bond acceptors (Lipinski definition) is 2. The summed E-state index contributed by atoms with van der Waals surface area (Å²) in [6.07, 6.45) is 1.81. The van der Waals surface area contributed by atoms with E-state index in [0.717, 1.165) is 16.6 Å². The molecule has 1 aromatic heterocycles. The van der Waals surface area contributed by atoms with E-state index in [2.05, 4.69) is 0 Å². The maximum absolute atomic E-state index is 5.60. The molecule has 0 unspecified atom stereocenters. The molecule has 11 heavy (non-hydrogen) atoms. The Bertz CT molecular complexity index is 389. The topological polar surface area (TPSA) is 57.0 Å². The predicted molar refractivity (Wildman–Crippen MR) is 46.5 cm³/mol. The van der Waals surface area contributed by atoms with Crippen molar-refractivity contribution >= 4 is 16.6 Å². The van der Waals surface area contributed by atoms with Gasteiger partial charge in [0.25, 0.3) is 0 Å². The highest BCUT2D eigenvalue weighted by Gasteiger charge is 1.96. The highest BCUT2D eigenvalue weighted by atomic mass is 15.3. The molecule has 0 aliphatic rings. The van der Waals surface area contributed by atoms with Crippen LogP contribution in [0.1, 0.15) is 0 Å². The Morgan fingerprint density at radius 2 is 2.00 bits per heavy atom. The van der Waals surface area contributed by atoms with E-state index in [4.69, 9.17) is 11.6 Å². The summed E-state index contributed by atoms with van der Waals surface area (Å²) in [4.78, 5) is 0. The minimum absolute atomic E-state index is 0.767. The molecule has 0 radical (unpaired) electrons. The van der Waals surface area contributed by atoms with E-state index in [0.29, 0.717) is 0 Å². The maximum atomic E-state index is 5.60. The van der Waals surface area contributed by atoms with Gasteiger partial charge in [-0.05, 0) is 24.3 Å². The Kier molecular flexibility index (Phi) is 1.06. The van der Waals surface area contributed by atoms with Gasteiger partial charge in [-0.2, -0.15) is 0 Å². The third kappa shape index (κ3) is 0.816. The van der Waals surface area contributed by atoms with Crippen LogP contribution in [0.15, 0.2) is 30.5 Å². The van der Waals surface area contributed by atoms with Crippen LogP contribution >= 0.6 is 0 Å². The van der Waals surface area contributed by atoms with Crippen LogP contribution in [-0.2, 0) is 0 Å². The van der Waals surface area contributed by atoms with Crippen molar-refractivity contribution in [3.63, 3.8) is 0 Å². The van der Waals surface area contributed by atoms with Gasteiger partial charge >= 0.3 is 0 Å². The van der Waals surface area contributed by atoms with E-state index in [1.54, 1.807) is 4.68 Å². The van der Waals surface area contributed by atoms with Crippen molar-refractivity contribution < 1.29 is 0 Å². The third-order valence-corrected chi connectivity index (χ3v) is 1.74. The van der Waals surface area contributed by atoms with Crippen molar-refractivity contribution in [1.29, 1.82) is 0 Å². The van der Waals surface area contributed by atoms with Gasteiger partial charge in [0.1, 0.15) is 0 Å². The molecule has 0 amide bonds. The molecule has 1 aromatic carbocycles. The molecule has 0 saturated heterocycles. The summed E-state index contributed by atoms with van der Waals surface area (Å²) in [5, 5.41) is 1.08. The van der Waals surface area contributed by atoms with Crippen molar-refractivity contribution in [1.82, 2.24) is 4.68 Å². The largest absolute Gasteiger partial charge is 0.399 e. The van der Waals surface area contributed by atoms with Gasteiger partial charge < -0.3 is 11.6 Å². The zero-order valence-corrected chi connectivity index (χ0v) is 5.99. The van der Waals surface area contributed by atoms with Crippen molar-refractivity contribution in [2.24, 2.45) is 0 Å². The molecule has 0 saturated carbocycles. The average Bonchev–Trinajstić information content (AvgIpc) is 2.32. The highest BCUT2D eigenvalue weighted by molar-refractivity contribution is 5.83. The Labute approximate surface area is 64.2 Å². The molecule has 0 bridgehead atoms. The molecule has 1 heterocycles.